The van der Waals surface area contributed by atoms with Crippen molar-refractivity contribution in [2.24, 2.45) is 5.92 Å². The fraction of sp³-hybridized carbons (Fsp3) is 0.391. The largest absolute Gasteiger partial charge is 0.416 e. The van der Waals surface area contributed by atoms with Crippen LogP contribution in [-0.2, 0) is 26.0 Å². The molecule has 186 valence electrons. The van der Waals surface area contributed by atoms with E-state index in [1.54, 1.807) is 6.07 Å². The summed E-state index contributed by atoms with van der Waals surface area (Å²) in [5.41, 5.74) is -1.47. The topological polar surface area (TPSA) is 92.3 Å². The Labute approximate surface area is 198 Å². The first-order valence-corrected chi connectivity index (χ1v) is 14.0. The molecule has 1 fully saturated rings. The van der Waals surface area contributed by atoms with Gasteiger partial charge in [0.2, 0.25) is 19.9 Å². The van der Waals surface area contributed by atoms with Crippen LogP contribution in [0.5, 0.6) is 0 Å². The molecular weight excluding hydrogens is 489 g/mol. The minimum absolute atomic E-state index is 0.0507. The van der Waals surface area contributed by atoms with Crippen LogP contribution in [-0.4, -0.2) is 42.2 Å². The number of sulfone groups is 1. The average molecular weight is 517 g/mol. The zero-order valence-corrected chi connectivity index (χ0v) is 20.0. The summed E-state index contributed by atoms with van der Waals surface area (Å²) < 4.78 is 93.1. The number of nitrogens with one attached hydrogen (secondary N) is 2. The molecule has 1 aliphatic heterocycles. The molecule has 2 N–H and O–H groups in total. The normalized spacial score (nSPS) is 16.2. The van der Waals surface area contributed by atoms with Crippen molar-refractivity contribution < 1.29 is 30.0 Å². The zero-order chi connectivity index (χ0) is 24.8. The van der Waals surface area contributed by atoms with Crippen molar-refractivity contribution in [1.29, 1.82) is 0 Å². The van der Waals surface area contributed by atoms with Crippen LogP contribution in [0.25, 0.3) is 6.08 Å². The van der Waals surface area contributed by atoms with Gasteiger partial charge in [0.05, 0.1) is 21.1 Å². The summed E-state index contributed by atoms with van der Waals surface area (Å²) in [6, 6.07) is 9.87. The number of rotatable bonds is 9. The molecule has 2 aromatic rings. The van der Waals surface area contributed by atoms with Crippen LogP contribution < -0.4 is 10.0 Å². The Morgan fingerprint density at radius 1 is 0.971 bits per heavy atom. The van der Waals surface area contributed by atoms with Crippen LogP contribution >= 0.6 is 0 Å². The zero-order valence-electron chi connectivity index (χ0n) is 18.4. The summed E-state index contributed by atoms with van der Waals surface area (Å²) >= 11 is 0. The predicted octanol–water partition coefficient (Wildman–Crippen LogP) is 3.86. The number of hydrogen-bond donors (Lipinski definition) is 2. The molecule has 1 heterocycles. The van der Waals surface area contributed by atoms with Crippen LogP contribution in [0.2, 0.25) is 0 Å². The van der Waals surface area contributed by atoms with E-state index in [9.17, 15) is 30.0 Å². The first-order chi connectivity index (χ1) is 16.0. The molecule has 0 aromatic heterocycles. The highest BCUT2D eigenvalue weighted by atomic mass is 32.2. The van der Waals surface area contributed by atoms with Gasteiger partial charge in [-0.25, -0.2) is 21.6 Å². The van der Waals surface area contributed by atoms with Gasteiger partial charge in [0.1, 0.15) is 0 Å². The molecule has 0 atom stereocenters. The van der Waals surface area contributed by atoms with E-state index in [1.807, 2.05) is 0 Å². The third-order valence-corrected chi connectivity index (χ3v) is 8.68. The smallest absolute Gasteiger partial charge is 0.317 e. The van der Waals surface area contributed by atoms with Gasteiger partial charge in [0, 0.05) is 6.54 Å². The van der Waals surface area contributed by atoms with Crippen LogP contribution in [0.15, 0.2) is 64.4 Å². The Morgan fingerprint density at radius 2 is 1.65 bits per heavy atom. The Bertz CT molecular complexity index is 1210. The maximum Gasteiger partial charge on any atom is 0.416 e. The van der Waals surface area contributed by atoms with Gasteiger partial charge in [0.15, 0.2) is 0 Å². The van der Waals surface area contributed by atoms with Crippen LogP contribution in [0.1, 0.15) is 30.4 Å². The number of piperidine rings is 1. The van der Waals surface area contributed by atoms with Gasteiger partial charge >= 0.3 is 6.18 Å². The fourth-order valence-corrected chi connectivity index (χ4v) is 6.00. The van der Waals surface area contributed by atoms with E-state index in [2.05, 4.69) is 10.0 Å². The molecule has 3 rings (SSSR count). The van der Waals surface area contributed by atoms with Crippen LogP contribution in [0.3, 0.4) is 0 Å². The molecule has 1 aliphatic rings. The molecule has 0 aliphatic carbocycles. The highest BCUT2D eigenvalue weighted by molar-refractivity contribution is 7.91. The molecule has 0 saturated carbocycles. The van der Waals surface area contributed by atoms with E-state index in [1.165, 1.54) is 24.3 Å². The molecule has 0 bridgehead atoms. The van der Waals surface area contributed by atoms with Crippen molar-refractivity contribution in [2.75, 3.05) is 25.4 Å². The first-order valence-electron chi connectivity index (χ1n) is 10.8. The van der Waals surface area contributed by atoms with Crippen molar-refractivity contribution in [3.05, 3.63) is 65.7 Å². The average Bonchev–Trinajstić information content (AvgIpc) is 2.79. The van der Waals surface area contributed by atoms with Gasteiger partial charge in [-0.2, -0.15) is 13.2 Å². The van der Waals surface area contributed by atoms with Crippen LogP contribution in [0, 0.1) is 5.92 Å². The van der Waals surface area contributed by atoms with Gasteiger partial charge in [0.25, 0.3) is 0 Å². The molecule has 1 saturated heterocycles. The molecule has 2 aromatic carbocycles. The molecule has 6 nitrogen and oxygen atoms in total. The maximum atomic E-state index is 13.5. The quantitative estimate of drug-likeness (QED) is 0.528. The number of halogens is 3. The van der Waals surface area contributed by atoms with Crippen molar-refractivity contribution in [1.82, 2.24) is 10.0 Å². The standard InChI is InChI=1S/C23H27F3N2O4S2/c24-23(25,26)22-9-8-21(34(31,32)20-6-2-1-3-7-20)17-19(22)5-4-16-33(29,30)28-15-12-18-10-13-27-14-11-18/h1-9,17-18,27-28H,10-16H2. The summed E-state index contributed by atoms with van der Waals surface area (Å²) in [5.74, 6) is -0.0882. The lowest BCUT2D eigenvalue weighted by molar-refractivity contribution is -0.137. The van der Waals surface area contributed by atoms with Gasteiger partial charge in [-0.15, -0.1) is 0 Å². The summed E-state index contributed by atoms with van der Waals surface area (Å²) in [5, 5.41) is 3.24. The van der Waals surface area contributed by atoms with Crippen molar-refractivity contribution in [3.8, 4) is 0 Å². The Hall–Kier alpha value is -2.21. The van der Waals surface area contributed by atoms with Crippen molar-refractivity contribution >= 4 is 25.9 Å². The molecule has 0 spiro atoms. The third kappa shape index (κ3) is 7.14. The molecule has 0 amide bonds. The molecule has 0 unspecified atom stereocenters. The Kier molecular flexibility index (Phi) is 8.56. The molecule has 11 heteroatoms. The SMILES string of the molecule is O=S(=O)(CC=Cc1cc(S(=O)(=O)c2ccccc2)ccc1C(F)(F)F)NCCC1CCNCC1. The number of sulfonamides is 1. The lowest BCUT2D eigenvalue weighted by atomic mass is 9.95. The van der Waals surface area contributed by atoms with E-state index in [4.69, 9.17) is 0 Å². The Morgan fingerprint density at radius 3 is 2.29 bits per heavy atom. The lowest BCUT2D eigenvalue weighted by Crippen LogP contribution is -2.32. The Balaban J connectivity index is 1.75. The van der Waals surface area contributed by atoms with Crippen LogP contribution in [0.4, 0.5) is 13.2 Å². The second kappa shape index (κ2) is 11.0. The minimum atomic E-state index is -4.74. The second-order valence-electron chi connectivity index (χ2n) is 8.12. The summed E-state index contributed by atoms with van der Waals surface area (Å²) in [4.78, 5) is -0.362. The summed E-state index contributed by atoms with van der Waals surface area (Å²) in [6.07, 6.45) is 0.00626. The summed E-state index contributed by atoms with van der Waals surface area (Å²) in [6.45, 7) is 2.07. The van der Waals surface area contributed by atoms with E-state index < -0.39 is 42.9 Å². The van der Waals surface area contributed by atoms with E-state index in [-0.39, 0.29) is 16.3 Å². The highest BCUT2D eigenvalue weighted by Gasteiger charge is 2.33. The van der Waals surface area contributed by atoms with Gasteiger partial charge in [-0.3, -0.25) is 0 Å². The van der Waals surface area contributed by atoms with Gasteiger partial charge in [-0.05, 0) is 74.2 Å². The highest BCUT2D eigenvalue weighted by Crippen LogP contribution is 2.34. The number of hydrogen-bond acceptors (Lipinski definition) is 5. The number of benzene rings is 2. The third-order valence-electron chi connectivity index (χ3n) is 5.64. The maximum absolute atomic E-state index is 13.5. The summed E-state index contributed by atoms with van der Waals surface area (Å²) in [7, 11) is -7.77. The van der Waals surface area contributed by atoms with Gasteiger partial charge < -0.3 is 5.32 Å². The van der Waals surface area contributed by atoms with Gasteiger partial charge in [-0.1, -0.05) is 30.4 Å². The van der Waals surface area contributed by atoms with E-state index in [0.717, 1.165) is 50.2 Å². The lowest BCUT2D eigenvalue weighted by Gasteiger charge is -2.22. The van der Waals surface area contributed by atoms with Crippen molar-refractivity contribution in [3.63, 3.8) is 0 Å². The molecule has 0 radical (unpaired) electrons. The predicted molar refractivity (Wildman–Crippen MR) is 124 cm³/mol. The van der Waals surface area contributed by atoms with Crippen molar-refractivity contribution in [2.45, 2.75) is 35.2 Å². The minimum Gasteiger partial charge on any atom is -0.317 e. The molecular formula is C23H27F3N2O4S2. The van der Waals surface area contributed by atoms with E-state index >= 15 is 0 Å². The monoisotopic (exact) mass is 516 g/mol. The first kappa shape index (κ1) is 26.4. The fourth-order valence-electron chi connectivity index (χ4n) is 3.79. The molecule has 34 heavy (non-hydrogen) atoms. The number of alkyl halides is 3. The second-order valence-corrected chi connectivity index (χ2v) is 11.9. The van der Waals surface area contributed by atoms with E-state index in [0.29, 0.717) is 18.4 Å².